The number of halogens is 7. The van der Waals surface area contributed by atoms with Crippen molar-refractivity contribution >= 4 is 21.4 Å². The number of alkyl halides is 5. The average Bonchev–Trinajstić information content (AvgIpc) is 3.54. The average molecular weight is 673 g/mol. The predicted molar refractivity (Wildman–Crippen MR) is 148 cm³/mol. The van der Waals surface area contributed by atoms with Crippen molar-refractivity contribution in [2.75, 3.05) is 6.26 Å². The normalized spacial score (nSPS) is 12.2. The second-order valence-corrected chi connectivity index (χ2v) is 11.9. The number of aliphatic hydroxyl groups is 1. The van der Waals surface area contributed by atoms with Crippen LogP contribution in [0.1, 0.15) is 17.1 Å². The first-order valence-corrected chi connectivity index (χ1v) is 14.8. The molecule has 236 valence electrons. The Morgan fingerprint density at radius 3 is 2.38 bits per heavy atom. The minimum atomic E-state index is -4.89. The molecule has 0 atom stereocenters. The van der Waals surface area contributed by atoms with Crippen LogP contribution in [-0.2, 0) is 22.6 Å². The Balaban J connectivity index is 1.76. The summed E-state index contributed by atoms with van der Waals surface area (Å²) in [5.41, 5.74) is -1.20. The van der Waals surface area contributed by atoms with Gasteiger partial charge in [-0.05, 0) is 41.5 Å². The third kappa shape index (κ3) is 6.53. The molecule has 0 saturated carbocycles. The summed E-state index contributed by atoms with van der Waals surface area (Å²) in [6, 6.07) is 8.71. The molecule has 0 bridgehead atoms. The Bertz CT molecular complexity index is 2010. The third-order valence-electron chi connectivity index (χ3n) is 6.43. The van der Waals surface area contributed by atoms with Crippen LogP contribution < -0.4 is 4.74 Å². The number of aromatic nitrogens is 4. The molecule has 0 fully saturated rings. The lowest BCUT2D eigenvalue weighted by Gasteiger charge is -2.14. The molecule has 0 aliphatic rings. The Hall–Kier alpha value is -4.41. The molecule has 3 heterocycles. The van der Waals surface area contributed by atoms with E-state index in [1.54, 1.807) is 0 Å². The van der Waals surface area contributed by atoms with Gasteiger partial charge in [-0.15, -0.1) is 0 Å². The van der Waals surface area contributed by atoms with E-state index >= 15 is 4.39 Å². The monoisotopic (exact) mass is 672 g/mol. The zero-order chi connectivity index (χ0) is 32.8. The molecule has 5 rings (SSSR count). The van der Waals surface area contributed by atoms with Crippen molar-refractivity contribution in [2.45, 2.75) is 31.2 Å². The number of rotatable bonds is 8. The van der Waals surface area contributed by atoms with Gasteiger partial charge < -0.3 is 14.3 Å². The maximum absolute atomic E-state index is 15.0. The molecular weight excluding hydrogens is 654 g/mol. The zero-order valence-corrected chi connectivity index (χ0v) is 24.5. The summed E-state index contributed by atoms with van der Waals surface area (Å²) in [6.45, 7) is -2.54. The van der Waals surface area contributed by atoms with Crippen LogP contribution in [0.25, 0.3) is 39.4 Å². The fourth-order valence-electron chi connectivity index (χ4n) is 4.51. The van der Waals surface area contributed by atoms with Gasteiger partial charge in [-0.1, -0.05) is 17.7 Å². The molecule has 45 heavy (non-hydrogen) atoms. The van der Waals surface area contributed by atoms with Crippen LogP contribution in [0.3, 0.4) is 0 Å². The molecule has 0 aliphatic heterocycles. The van der Waals surface area contributed by atoms with Gasteiger partial charge in [-0.2, -0.15) is 27.1 Å². The van der Waals surface area contributed by atoms with Crippen molar-refractivity contribution in [3.8, 4) is 45.3 Å². The summed E-state index contributed by atoms with van der Waals surface area (Å²) in [7, 11) is -4.01. The highest BCUT2D eigenvalue weighted by molar-refractivity contribution is 7.90. The zero-order valence-electron chi connectivity index (χ0n) is 22.9. The summed E-state index contributed by atoms with van der Waals surface area (Å²) in [6.07, 6.45) is -1.97. The van der Waals surface area contributed by atoms with E-state index in [-0.39, 0.29) is 51.2 Å². The fourth-order valence-corrected chi connectivity index (χ4v) is 5.70. The van der Waals surface area contributed by atoms with E-state index in [9.17, 15) is 35.5 Å². The number of aliphatic hydroxyl groups excluding tert-OH is 1. The van der Waals surface area contributed by atoms with Crippen LogP contribution in [0.15, 0.2) is 64.2 Å². The lowest BCUT2D eigenvalue weighted by molar-refractivity contribution is -0.141. The van der Waals surface area contributed by atoms with Gasteiger partial charge in [0.1, 0.15) is 11.5 Å². The summed E-state index contributed by atoms with van der Waals surface area (Å²) >= 11 is 5.86. The van der Waals surface area contributed by atoms with Gasteiger partial charge in [0, 0.05) is 42.1 Å². The first-order valence-electron chi connectivity index (χ1n) is 12.6. The lowest BCUT2D eigenvalue weighted by Crippen LogP contribution is -2.08. The number of nitrogens with zero attached hydrogens (tertiary/aromatic N) is 4. The van der Waals surface area contributed by atoms with Gasteiger partial charge in [0.25, 0.3) is 0 Å². The van der Waals surface area contributed by atoms with E-state index in [1.165, 1.54) is 31.2 Å². The van der Waals surface area contributed by atoms with Crippen LogP contribution in [0.4, 0.5) is 26.3 Å². The molecule has 0 radical (unpaired) electrons. The number of ether oxygens (including phenoxy) is 1. The van der Waals surface area contributed by atoms with E-state index in [2.05, 4.69) is 19.8 Å². The summed E-state index contributed by atoms with van der Waals surface area (Å²) < 4.78 is 117. The molecule has 0 unspecified atom stereocenters. The quantitative estimate of drug-likeness (QED) is 0.177. The van der Waals surface area contributed by atoms with E-state index < -0.39 is 56.2 Å². The molecule has 0 spiro atoms. The molecule has 5 aromatic rings. The van der Waals surface area contributed by atoms with E-state index in [1.807, 2.05) is 0 Å². The third-order valence-corrected chi connectivity index (χ3v) is 7.87. The van der Waals surface area contributed by atoms with Crippen molar-refractivity contribution in [1.29, 1.82) is 0 Å². The second kappa shape index (κ2) is 11.8. The highest BCUT2D eigenvalue weighted by Gasteiger charge is 2.37. The van der Waals surface area contributed by atoms with Gasteiger partial charge in [0.05, 0.1) is 28.4 Å². The first-order chi connectivity index (χ1) is 21.1. The smallest absolute Gasteiger partial charge is 0.436 e. The largest absolute Gasteiger partial charge is 0.440 e. The number of aryl methyl sites for hydroxylation is 1. The van der Waals surface area contributed by atoms with Crippen LogP contribution in [0, 0.1) is 12.7 Å². The number of hydrogen-bond acceptors (Lipinski definition) is 8. The van der Waals surface area contributed by atoms with Crippen molar-refractivity contribution in [2.24, 2.45) is 0 Å². The Morgan fingerprint density at radius 1 is 1.09 bits per heavy atom. The molecule has 17 heteroatoms. The number of sulfone groups is 1. The molecule has 0 saturated heterocycles. The Labute approximate surface area is 255 Å². The maximum atomic E-state index is 15.0. The van der Waals surface area contributed by atoms with Crippen molar-refractivity contribution in [1.82, 2.24) is 19.7 Å². The number of oxazole rings is 1. The van der Waals surface area contributed by atoms with Gasteiger partial charge in [0.15, 0.2) is 27.2 Å². The molecular formula is C28H19ClF6N4O5S. The molecule has 0 amide bonds. The van der Waals surface area contributed by atoms with Crippen LogP contribution in [-0.4, -0.2) is 46.1 Å². The highest BCUT2D eigenvalue weighted by Crippen LogP contribution is 2.41. The minimum absolute atomic E-state index is 0.00468. The Morgan fingerprint density at radius 2 is 1.80 bits per heavy atom. The van der Waals surface area contributed by atoms with Gasteiger partial charge >= 0.3 is 12.8 Å². The van der Waals surface area contributed by atoms with E-state index in [0.717, 1.165) is 41.5 Å². The lowest BCUT2D eigenvalue weighted by atomic mass is 9.97. The summed E-state index contributed by atoms with van der Waals surface area (Å²) in [5.74, 6) is -1.34. The SMILES string of the molecule is Cc1nc(-c2ccc(OC(F)F)nc2)c(-c2cc(-c3cc(F)c(CO)c(S(C)(=O)=O)c3)ccc2-n2cc(Cl)c(C(F)(F)F)n2)o1. The van der Waals surface area contributed by atoms with Crippen LogP contribution in [0.2, 0.25) is 5.02 Å². The van der Waals surface area contributed by atoms with Gasteiger partial charge in [-0.3, -0.25) is 0 Å². The minimum Gasteiger partial charge on any atom is -0.440 e. The van der Waals surface area contributed by atoms with Crippen molar-refractivity contribution in [3.63, 3.8) is 0 Å². The van der Waals surface area contributed by atoms with Gasteiger partial charge in [0.2, 0.25) is 5.88 Å². The molecule has 3 aromatic heterocycles. The van der Waals surface area contributed by atoms with E-state index in [0.29, 0.717) is 0 Å². The fraction of sp³-hybridized carbons (Fsp3) is 0.179. The predicted octanol–water partition coefficient (Wildman–Crippen LogP) is 6.87. The van der Waals surface area contributed by atoms with Crippen LogP contribution in [0.5, 0.6) is 5.88 Å². The molecule has 0 aliphatic carbocycles. The van der Waals surface area contributed by atoms with Crippen molar-refractivity contribution < 1.29 is 49.0 Å². The standard InChI is InChI=1S/C28H19ClF6N4O5S/c1-13-37-24(15-4-6-23(36-10-15)44-27(31)32)25(43-13)17-7-14(16-8-20(30)18(12-40)22(9-16)45(2,41)42)3-5-21(17)39-11-19(29)26(38-39)28(33,34)35/h3-11,27,40H,12H2,1-2H3. The number of hydrogen-bond donors (Lipinski definition) is 1. The maximum Gasteiger partial charge on any atom is 0.436 e. The second-order valence-electron chi connectivity index (χ2n) is 9.54. The van der Waals surface area contributed by atoms with Gasteiger partial charge in [-0.25, -0.2) is 27.5 Å². The molecule has 9 nitrogen and oxygen atoms in total. The summed E-state index contributed by atoms with van der Waals surface area (Å²) in [4.78, 5) is 7.69. The molecule has 2 aromatic carbocycles. The number of pyridine rings is 1. The van der Waals surface area contributed by atoms with Crippen LogP contribution >= 0.6 is 11.6 Å². The molecule has 1 N–H and O–H groups in total. The topological polar surface area (TPSA) is 120 Å². The number of benzene rings is 2. The Kier molecular flexibility index (Phi) is 8.41. The summed E-state index contributed by atoms with van der Waals surface area (Å²) in [5, 5.41) is 12.5. The highest BCUT2D eigenvalue weighted by atomic mass is 35.5. The van der Waals surface area contributed by atoms with E-state index in [4.69, 9.17) is 16.0 Å². The van der Waals surface area contributed by atoms with Crippen molar-refractivity contribution in [3.05, 3.63) is 82.8 Å². The first kappa shape index (κ1) is 32.0.